The molecule has 15 nitrogen and oxygen atoms in total. The molecule has 4 atom stereocenters. The Morgan fingerprint density at radius 2 is 1.69 bits per heavy atom. The van der Waals surface area contributed by atoms with E-state index < -0.39 is 37.9 Å². The fourth-order valence-corrected chi connectivity index (χ4v) is 7.78. The summed E-state index contributed by atoms with van der Waals surface area (Å²) in [5, 5.41) is 37.7. The van der Waals surface area contributed by atoms with Crippen molar-refractivity contribution in [3.8, 4) is 16.3 Å². The van der Waals surface area contributed by atoms with E-state index in [4.69, 9.17) is 9.47 Å². The summed E-state index contributed by atoms with van der Waals surface area (Å²) in [5.41, 5.74) is 3.81. The maximum absolute atomic E-state index is 13.9. The molecule has 2 aliphatic heterocycles. The fraction of sp³-hybridized carbons (Fsp3) is 0.333. The van der Waals surface area contributed by atoms with Gasteiger partial charge in [-0.3, -0.25) is 18.0 Å². The molecule has 5 aromatic rings. The number of aliphatic carboxylic acids is 1. The number of aliphatic hydroxyl groups is 2. The van der Waals surface area contributed by atoms with Gasteiger partial charge in [-0.2, -0.15) is 0 Å². The van der Waals surface area contributed by atoms with E-state index in [1.54, 1.807) is 36.4 Å². The highest BCUT2D eigenvalue weighted by Crippen LogP contribution is 2.33. The van der Waals surface area contributed by atoms with Crippen LogP contribution in [0.4, 0.5) is 14.4 Å². The maximum atomic E-state index is 13.9. The molecule has 1 saturated heterocycles. The first-order valence-electron chi connectivity index (χ1n) is 20.0. The number of carboxylic acid groups (broad SMARTS) is 1. The van der Waals surface area contributed by atoms with Gasteiger partial charge in [0, 0.05) is 23.7 Å². The minimum atomic E-state index is -2.68. The van der Waals surface area contributed by atoms with Crippen LogP contribution in [-0.2, 0) is 14.3 Å². The van der Waals surface area contributed by atoms with E-state index in [2.05, 4.69) is 30.6 Å². The number of aliphatic imine (C=N–C) groups is 1. The highest BCUT2D eigenvalue weighted by Gasteiger charge is 2.48. The number of hydrogen-bond donors (Lipinski definition) is 5. The van der Waals surface area contributed by atoms with Crippen molar-refractivity contribution in [3.05, 3.63) is 102 Å². The molecule has 1 amide bonds. The molecule has 4 aromatic heterocycles. The molecule has 0 unspecified atom stereocenters. The summed E-state index contributed by atoms with van der Waals surface area (Å²) in [6.45, 7) is 1.16. The molecule has 5 N–H and O–H groups in total. The molecule has 1 fully saturated rings. The van der Waals surface area contributed by atoms with Gasteiger partial charge in [0.15, 0.2) is 35.9 Å². The molecule has 61 heavy (non-hydrogen) atoms. The number of aliphatic hydroxyl groups excluding tert-OH is 2. The second kappa shape index (κ2) is 20.5. The Morgan fingerprint density at radius 3 is 2.41 bits per heavy atom. The molecule has 2 aliphatic rings. The largest absolute Gasteiger partial charge is 0.678 e. The zero-order valence-electron chi connectivity index (χ0n) is 33.0. The zero-order chi connectivity index (χ0) is 42.7. The fourth-order valence-electron chi connectivity index (χ4n) is 7.03. The Morgan fingerprint density at radius 1 is 0.918 bits per heavy atom. The molecule has 6 heterocycles. The number of benzene rings is 1. The van der Waals surface area contributed by atoms with Crippen LogP contribution in [0.2, 0.25) is 0 Å². The number of carboxylic acids is 1. The van der Waals surface area contributed by atoms with E-state index in [9.17, 15) is 33.5 Å². The Kier molecular flexibility index (Phi) is 14.5. The van der Waals surface area contributed by atoms with E-state index in [0.717, 1.165) is 59.9 Å². The molecule has 0 spiro atoms. The lowest BCUT2D eigenvalue weighted by Gasteiger charge is -2.16. The van der Waals surface area contributed by atoms with Crippen LogP contribution in [0.15, 0.2) is 95.5 Å². The third kappa shape index (κ3) is 10.8. The van der Waals surface area contributed by atoms with Crippen molar-refractivity contribution in [1.82, 2.24) is 29.3 Å². The molecule has 0 radical (unpaired) electrons. The van der Waals surface area contributed by atoms with Crippen LogP contribution in [0, 0.1) is 0 Å². The van der Waals surface area contributed by atoms with Crippen molar-refractivity contribution in [2.45, 2.75) is 69.5 Å². The van der Waals surface area contributed by atoms with Crippen molar-refractivity contribution in [2.24, 2.45) is 4.99 Å². The molecule has 0 bridgehead atoms. The summed E-state index contributed by atoms with van der Waals surface area (Å²) >= 11 is 1.41. The zero-order valence-corrected chi connectivity index (χ0v) is 33.8. The number of nitrogens with zero attached hydrogens (tertiary/aromatic N) is 6. The number of halogens is 2. The molecule has 0 aliphatic carbocycles. The number of allylic oxidation sites excluding steroid dienone is 3. The smallest absolute Gasteiger partial charge is 0.484 e. The van der Waals surface area contributed by atoms with Crippen molar-refractivity contribution >= 4 is 65.5 Å². The van der Waals surface area contributed by atoms with Crippen molar-refractivity contribution in [3.63, 3.8) is 0 Å². The lowest BCUT2D eigenvalue weighted by Crippen LogP contribution is -2.35. The lowest BCUT2D eigenvalue weighted by atomic mass is 10.1. The van der Waals surface area contributed by atoms with E-state index in [1.807, 2.05) is 47.9 Å². The summed E-state index contributed by atoms with van der Waals surface area (Å²) < 4.78 is 41.4. The minimum Gasteiger partial charge on any atom is -0.484 e. The van der Waals surface area contributed by atoms with E-state index >= 15 is 0 Å². The molecule has 7 rings (SSSR count). The van der Waals surface area contributed by atoms with Crippen molar-refractivity contribution in [2.75, 3.05) is 25.0 Å². The number of anilines is 1. The number of aromatic nitrogens is 5. The second-order valence-corrected chi connectivity index (χ2v) is 15.4. The summed E-state index contributed by atoms with van der Waals surface area (Å²) in [7, 11) is -2.68. The number of thiophene rings is 1. The highest BCUT2D eigenvalue weighted by molar-refractivity contribution is 7.13. The number of imidazole rings is 1. The number of carbonyl (C=O) groups is 2. The maximum Gasteiger partial charge on any atom is 0.678 e. The molecular weight excluding hydrogens is 809 g/mol. The van der Waals surface area contributed by atoms with Crippen molar-refractivity contribution in [1.29, 1.82) is 0 Å². The number of hydrogen-bond acceptors (Lipinski definition) is 12. The molecule has 318 valence electrons. The molecule has 19 heteroatoms. The first kappa shape index (κ1) is 43.1. The predicted octanol–water partition coefficient (Wildman–Crippen LogP) is 6.24. The van der Waals surface area contributed by atoms with Crippen molar-refractivity contribution < 1.29 is 43.0 Å². The van der Waals surface area contributed by atoms with Crippen LogP contribution in [0.3, 0.4) is 0 Å². The number of ether oxygens (including phenoxy) is 2. The predicted molar refractivity (Wildman–Crippen MR) is 229 cm³/mol. The Balaban J connectivity index is 0.736. The number of fused-ring (bicyclic) bond motifs is 1. The summed E-state index contributed by atoms with van der Waals surface area (Å²) in [6.07, 6.45) is 13.0. The second-order valence-electron chi connectivity index (χ2n) is 14.5. The number of carbonyl (C=O) groups excluding carboxylic acids is 1. The van der Waals surface area contributed by atoms with E-state index in [0.29, 0.717) is 58.6 Å². The van der Waals surface area contributed by atoms with Gasteiger partial charge in [-0.15, -0.1) is 11.3 Å². The normalized spacial score (nSPS) is 19.3. The Bertz CT molecular complexity index is 2400. The quantitative estimate of drug-likeness (QED) is 0.0414. The van der Waals surface area contributed by atoms with Gasteiger partial charge in [-0.25, -0.2) is 24.7 Å². The van der Waals surface area contributed by atoms with Gasteiger partial charge in [-0.05, 0) is 78.4 Å². The van der Waals surface area contributed by atoms with Gasteiger partial charge in [0.2, 0.25) is 0 Å². The first-order valence-corrected chi connectivity index (χ1v) is 20.9. The van der Waals surface area contributed by atoms with Crippen LogP contribution in [0.1, 0.15) is 62.4 Å². The van der Waals surface area contributed by atoms with Gasteiger partial charge >= 0.3 is 13.4 Å². The Hall–Kier alpha value is -6.02. The number of unbranched alkanes of at least 4 members (excludes halogenated alkanes) is 6. The third-order valence-corrected chi connectivity index (χ3v) is 11.1. The monoisotopic (exact) mass is 854 g/mol. The first-order chi connectivity index (χ1) is 29.7. The number of amides is 1. The average Bonchev–Trinajstić information content (AvgIpc) is 4.11. The van der Waals surface area contributed by atoms with Gasteiger partial charge in [-0.1, -0.05) is 56.4 Å². The van der Waals surface area contributed by atoms with Crippen LogP contribution in [0.5, 0.6) is 5.75 Å². The summed E-state index contributed by atoms with van der Waals surface area (Å²) in [5.74, 6) is -0.471. The summed E-state index contributed by atoms with van der Waals surface area (Å²) in [4.78, 5) is 41.8. The van der Waals surface area contributed by atoms with E-state index in [-0.39, 0.29) is 12.5 Å². The standard InChI is InChI=1S/C42H45BF2N8O7S/c44-43(45)53-30(16-19-32(53)33-9-8-22-61-33)23-29-15-14-28(51-29)13-10-27-11-17-31(18-12-27)59-24-34(54)46-20-6-4-2-1-3-5-7-21-47-39-35-40(49-25-48-39)52(26-50-35)41-37(56)36(55)38(60-41)42(57)58/h8-19,22-23,25-26,36-38,41,55-56H,1-7,20-21,24H2,(H,46,54)(H,57,58)(H,47,48,49)/b13-10+,29-23-/t36-,37+,38-,41+/m0/s1. The number of rotatable bonds is 21. The molecule has 0 saturated carbocycles. The van der Waals surface area contributed by atoms with Gasteiger partial charge < -0.3 is 39.9 Å². The van der Waals surface area contributed by atoms with Gasteiger partial charge in [0.05, 0.1) is 23.4 Å². The number of nitrogens with one attached hydrogen (secondary N) is 2. The topological polar surface area (TPSA) is 198 Å². The average molecular weight is 855 g/mol. The third-order valence-electron chi connectivity index (χ3n) is 10.2. The Labute approximate surface area is 354 Å². The minimum absolute atomic E-state index is 0.0818. The summed E-state index contributed by atoms with van der Waals surface area (Å²) in [6, 6.07) is 14.4. The van der Waals surface area contributed by atoms with Crippen LogP contribution in [-0.4, -0.2) is 102 Å². The van der Waals surface area contributed by atoms with Gasteiger partial charge in [0.25, 0.3) is 5.91 Å². The molecular formula is C42H45BF2N8O7S. The van der Waals surface area contributed by atoms with Crippen LogP contribution < -0.4 is 15.4 Å². The molecule has 1 aromatic carbocycles. The highest BCUT2D eigenvalue weighted by atomic mass is 32.1. The van der Waals surface area contributed by atoms with E-state index in [1.165, 1.54) is 28.6 Å². The van der Waals surface area contributed by atoms with Crippen LogP contribution in [0.25, 0.3) is 33.9 Å². The van der Waals surface area contributed by atoms with Gasteiger partial charge in [0.1, 0.15) is 24.3 Å². The van der Waals surface area contributed by atoms with Crippen LogP contribution >= 0.6 is 11.3 Å². The SMILES string of the molecule is O=C(COc1ccc(/C=C/C2=NC(=C\c3ccc(-c4cccs4)n3B(F)F)/C=C2)cc1)NCCCCCCCCCNc1ncnc2c1ncn2[C@@H]1O[C@H](C(=O)O)[C@@H](O)[C@H]1O. The lowest BCUT2D eigenvalue weighted by molar-refractivity contribution is -0.155.